The summed E-state index contributed by atoms with van der Waals surface area (Å²) in [6.07, 6.45) is 3.46. The number of nitrogens with zero attached hydrogens (tertiary/aromatic N) is 2. The maximum absolute atomic E-state index is 5.22. The molecule has 1 saturated heterocycles. The highest BCUT2D eigenvalue weighted by Crippen LogP contribution is 2.27. The van der Waals surface area contributed by atoms with Gasteiger partial charge in [0.2, 0.25) is 0 Å². The number of para-hydroxylation sites is 1. The van der Waals surface area contributed by atoms with E-state index >= 15 is 0 Å². The third-order valence-electron chi connectivity index (χ3n) is 5.08. The van der Waals surface area contributed by atoms with Crippen LogP contribution in [0.1, 0.15) is 18.4 Å². The fraction of sp³-hybridized carbons (Fsp3) is 0.381. The standard InChI is InChI=1S/C21H25N3OS/c1-25-18-8-6-16(7-9-18)10-13-24-14-11-17(12-15-24)22-21-23-19-4-2-3-5-20(19)26-21/h2-9,17H,10-15H2,1H3,(H,22,23). The lowest BCUT2D eigenvalue weighted by molar-refractivity contribution is 0.221. The van der Waals surface area contributed by atoms with E-state index in [1.807, 2.05) is 18.2 Å². The van der Waals surface area contributed by atoms with Crippen LogP contribution in [-0.4, -0.2) is 42.7 Å². The summed E-state index contributed by atoms with van der Waals surface area (Å²) >= 11 is 1.76. The Morgan fingerprint density at radius 3 is 2.62 bits per heavy atom. The molecule has 1 aliphatic heterocycles. The number of methoxy groups -OCH3 is 1. The summed E-state index contributed by atoms with van der Waals surface area (Å²) in [5.74, 6) is 0.926. The Morgan fingerprint density at radius 1 is 1.12 bits per heavy atom. The smallest absolute Gasteiger partial charge is 0.184 e. The van der Waals surface area contributed by atoms with Crippen LogP contribution < -0.4 is 10.1 Å². The average molecular weight is 368 g/mol. The van der Waals surface area contributed by atoms with Gasteiger partial charge in [0.05, 0.1) is 17.3 Å². The second-order valence-corrected chi connectivity index (χ2v) is 7.88. The Labute approximate surface area is 158 Å². The number of hydrogen-bond acceptors (Lipinski definition) is 5. The first-order valence-electron chi connectivity index (χ1n) is 9.27. The van der Waals surface area contributed by atoms with Gasteiger partial charge >= 0.3 is 0 Å². The summed E-state index contributed by atoms with van der Waals surface area (Å²) in [5, 5.41) is 4.70. The SMILES string of the molecule is COc1ccc(CCN2CCC(Nc3nc4ccccc4s3)CC2)cc1. The highest BCUT2D eigenvalue weighted by molar-refractivity contribution is 7.22. The summed E-state index contributed by atoms with van der Waals surface area (Å²) < 4.78 is 6.48. The molecule has 0 radical (unpaired) electrons. The molecular weight excluding hydrogens is 342 g/mol. The van der Waals surface area contributed by atoms with Crippen molar-refractivity contribution in [2.24, 2.45) is 0 Å². The topological polar surface area (TPSA) is 37.4 Å². The third-order valence-corrected chi connectivity index (χ3v) is 6.05. The molecule has 0 amide bonds. The molecule has 0 bridgehead atoms. The number of aromatic nitrogens is 1. The van der Waals surface area contributed by atoms with Gasteiger partial charge in [-0.2, -0.15) is 0 Å². The lowest BCUT2D eigenvalue weighted by atomic mass is 10.0. The van der Waals surface area contributed by atoms with E-state index in [4.69, 9.17) is 9.72 Å². The maximum Gasteiger partial charge on any atom is 0.184 e. The minimum absolute atomic E-state index is 0.535. The van der Waals surface area contributed by atoms with Crippen LogP contribution in [0.25, 0.3) is 10.2 Å². The zero-order chi connectivity index (χ0) is 17.8. The molecule has 5 heteroatoms. The summed E-state index contributed by atoms with van der Waals surface area (Å²) in [5.41, 5.74) is 2.47. The van der Waals surface area contributed by atoms with Gasteiger partial charge in [0.1, 0.15) is 5.75 Å². The summed E-state index contributed by atoms with van der Waals surface area (Å²) in [6.45, 7) is 3.43. The van der Waals surface area contributed by atoms with E-state index in [2.05, 4.69) is 40.5 Å². The fourth-order valence-corrected chi connectivity index (χ4v) is 4.43. The van der Waals surface area contributed by atoms with Crippen LogP contribution in [0.5, 0.6) is 5.75 Å². The van der Waals surface area contributed by atoms with Crippen molar-refractivity contribution in [1.29, 1.82) is 0 Å². The number of rotatable bonds is 6. The Balaban J connectivity index is 1.24. The monoisotopic (exact) mass is 367 g/mol. The molecule has 1 aliphatic rings. The molecule has 1 aromatic heterocycles. The van der Waals surface area contributed by atoms with Gasteiger partial charge in [-0.25, -0.2) is 4.98 Å². The second-order valence-electron chi connectivity index (χ2n) is 6.85. The largest absolute Gasteiger partial charge is 0.497 e. The van der Waals surface area contributed by atoms with Crippen LogP contribution in [0.4, 0.5) is 5.13 Å². The number of likely N-dealkylation sites (tertiary alicyclic amines) is 1. The normalized spacial score (nSPS) is 16.0. The fourth-order valence-electron chi connectivity index (χ4n) is 3.49. The molecular formula is C21H25N3OS. The van der Waals surface area contributed by atoms with Crippen LogP contribution in [0.3, 0.4) is 0 Å². The molecule has 0 saturated carbocycles. The highest BCUT2D eigenvalue weighted by Gasteiger charge is 2.19. The molecule has 4 rings (SSSR count). The Kier molecular flexibility index (Phi) is 5.37. The number of piperidine rings is 1. The van der Waals surface area contributed by atoms with E-state index < -0.39 is 0 Å². The van der Waals surface area contributed by atoms with Gasteiger partial charge in [-0.15, -0.1) is 0 Å². The van der Waals surface area contributed by atoms with Crippen LogP contribution in [0.15, 0.2) is 48.5 Å². The molecule has 0 spiro atoms. The first kappa shape index (κ1) is 17.3. The van der Waals surface area contributed by atoms with Gasteiger partial charge in [-0.1, -0.05) is 35.6 Å². The summed E-state index contributed by atoms with van der Waals surface area (Å²) in [6, 6.07) is 17.3. The minimum Gasteiger partial charge on any atom is -0.497 e. The predicted molar refractivity (Wildman–Crippen MR) is 109 cm³/mol. The highest BCUT2D eigenvalue weighted by atomic mass is 32.1. The number of hydrogen-bond donors (Lipinski definition) is 1. The van der Waals surface area contributed by atoms with E-state index in [-0.39, 0.29) is 0 Å². The third kappa shape index (κ3) is 4.17. The Hall–Kier alpha value is -2.11. The van der Waals surface area contributed by atoms with Crippen molar-refractivity contribution >= 4 is 26.7 Å². The van der Waals surface area contributed by atoms with Crippen molar-refractivity contribution in [2.75, 3.05) is 32.1 Å². The quantitative estimate of drug-likeness (QED) is 0.700. The van der Waals surface area contributed by atoms with Crippen molar-refractivity contribution in [2.45, 2.75) is 25.3 Å². The molecule has 0 unspecified atom stereocenters. The molecule has 1 fully saturated rings. The van der Waals surface area contributed by atoms with Crippen molar-refractivity contribution in [1.82, 2.24) is 9.88 Å². The molecule has 26 heavy (non-hydrogen) atoms. The molecule has 4 nitrogen and oxygen atoms in total. The van der Waals surface area contributed by atoms with Crippen molar-refractivity contribution in [3.8, 4) is 5.75 Å². The minimum atomic E-state index is 0.535. The van der Waals surface area contributed by atoms with Gasteiger partial charge < -0.3 is 15.0 Å². The number of anilines is 1. The lowest BCUT2D eigenvalue weighted by Gasteiger charge is -2.32. The number of fused-ring (bicyclic) bond motifs is 1. The van der Waals surface area contributed by atoms with Crippen molar-refractivity contribution in [3.05, 3.63) is 54.1 Å². The predicted octanol–water partition coefficient (Wildman–Crippen LogP) is 4.42. The van der Waals surface area contributed by atoms with Gasteiger partial charge in [0.25, 0.3) is 0 Å². The number of benzene rings is 2. The molecule has 0 aliphatic carbocycles. The Morgan fingerprint density at radius 2 is 1.88 bits per heavy atom. The number of thiazole rings is 1. The number of nitrogens with one attached hydrogen (secondary N) is 1. The van der Waals surface area contributed by atoms with E-state index in [0.717, 1.165) is 42.5 Å². The van der Waals surface area contributed by atoms with E-state index in [9.17, 15) is 0 Å². The van der Waals surface area contributed by atoms with Crippen molar-refractivity contribution < 1.29 is 4.74 Å². The Bertz CT molecular complexity index is 805. The van der Waals surface area contributed by atoms with Gasteiger partial charge in [-0.3, -0.25) is 0 Å². The maximum atomic E-state index is 5.22. The van der Waals surface area contributed by atoms with Gasteiger partial charge in [0, 0.05) is 25.7 Å². The van der Waals surface area contributed by atoms with Crippen LogP contribution in [0, 0.1) is 0 Å². The molecule has 2 aromatic carbocycles. The first-order chi connectivity index (χ1) is 12.8. The molecule has 3 aromatic rings. The van der Waals surface area contributed by atoms with Crippen molar-refractivity contribution in [3.63, 3.8) is 0 Å². The van der Waals surface area contributed by atoms with E-state index in [1.165, 1.54) is 23.1 Å². The molecule has 0 atom stereocenters. The zero-order valence-electron chi connectivity index (χ0n) is 15.1. The van der Waals surface area contributed by atoms with Gasteiger partial charge in [0.15, 0.2) is 5.13 Å². The molecule has 1 N–H and O–H groups in total. The van der Waals surface area contributed by atoms with Crippen LogP contribution in [0.2, 0.25) is 0 Å². The lowest BCUT2D eigenvalue weighted by Crippen LogP contribution is -2.40. The van der Waals surface area contributed by atoms with E-state index in [1.54, 1.807) is 18.4 Å². The molecule has 136 valence electrons. The first-order valence-corrected chi connectivity index (χ1v) is 10.1. The second kappa shape index (κ2) is 8.06. The zero-order valence-corrected chi connectivity index (χ0v) is 16.0. The van der Waals surface area contributed by atoms with Crippen LogP contribution >= 0.6 is 11.3 Å². The number of ether oxygens (including phenoxy) is 1. The molecule has 2 heterocycles. The average Bonchev–Trinajstić information content (AvgIpc) is 3.10. The summed E-state index contributed by atoms with van der Waals surface area (Å²) in [4.78, 5) is 7.27. The van der Waals surface area contributed by atoms with Gasteiger partial charge in [-0.05, 0) is 49.1 Å². The van der Waals surface area contributed by atoms with E-state index in [0.29, 0.717) is 6.04 Å². The summed E-state index contributed by atoms with van der Waals surface area (Å²) in [7, 11) is 1.71. The van der Waals surface area contributed by atoms with Crippen LogP contribution in [-0.2, 0) is 6.42 Å².